The van der Waals surface area contributed by atoms with Gasteiger partial charge in [-0.25, -0.2) is 0 Å². The molecule has 28 heavy (non-hydrogen) atoms. The molecule has 0 radical (unpaired) electrons. The molecular weight excluding hydrogens is 418 g/mol. The number of hydrogen-bond acceptors (Lipinski definition) is 3. The quantitative estimate of drug-likeness (QED) is 0.669. The number of amides is 2. The number of piperazine rings is 1. The van der Waals surface area contributed by atoms with E-state index in [1.54, 1.807) is 0 Å². The Labute approximate surface area is 177 Å². The summed E-state index contributed by atoms with van der Waals surface area (Å²) < 4.78 is 1.04. The molecule has 2 amide bonds. The van der Waals surface area contributed by atoms with E-state index in [2.05, 4.69) is 33.0 Å². The molecule has 1 heterocycles. The van der Waals surface area contributed by atoms with Crippen LogP contribution >= 0.6 is 15.9 Å². The monoisotopic (exact) mass is 449 g/mol. The van der Waals surface area contributed by atoms with Gasteiger partial charge in [-0.3, -0.25) is 14.5 Å². The summed E-state index contributed by atoms with van der Waals surface area (Å²) in [5, 5.41) is 0. The van der Waals surface area contributed by atoms with Gasteiger partial charge in [0.05, 0.1) is 12.0 Å². The molecule has 1 aliphatic carbocycles. The molecule has 2 aliphatic rings. The molecule has 1 aliphatic heterocycles. The van der Waals surface area contributed by atoms with Crippen molar-refractivity contribution in [2.24, 2.45) is 0 Å². The summed E-state index contributed by atoms with van der Waals surface area (Å²) >= 11 is 3.50. The molecule has 0 N–H and O–H groups in total. The zero-order valence-electron chi connectivity index (χ0n) is 17.1. The number of halogens is 1. The number of nitrogens with zero attached hydrogens (tertiary/aromatic N) is 3. The first-order valence-corrected chi connectivity index (χ1v) is 11.3. The van der Waals surface area contributed by atoms with Crippen LogP contribution in [0, 0.1) is 0 Å². The van der Waals surface area contributed by atoms with Gasteiger partial charge in [0.1, 0.15) is 0 Å². The SMILES string of the molecule is CCN(CC)C(=O)CN1CCN(C(=O)C2(c3ccc(Br)cc3)CCCC2)CC1. The highest BCUT2D eigenvalue weighted by molar-refractivity contribution is 9.10. The largest absolute Gasteiger partial charge is 0.342 e. The second-order valence-corrected chi connectivity index (χ2v) is 8.85. The number of likely N-dealkylation sites (N-methyl/N-ethyl adjacent to an activating group) is 1. The standard InChI is InChI=1S/C22H32BrN3O2/c1-3-25(4-2)20(27)17-24-13-15-26(16-14-24)21(28)22(11-5-6-12-22)18-7-9-19(23)10-8-18/h7-10H,3-6,11-17H2,1-2H3. The van der Waals surface area contributed by atoms with Crippen LogP contribution in [0.5, 0.6) is 0 Å². The summed E-state index contributed by atoms with van der Waals surface area (Å²) in [6.07, 6.45) is 4.10. The highest BCUT2D eigenvalue weighted by Gasteiger charge is 2.45. The number of benzene rings is 1. The van der Waals surface area contributed by atoms with E-state index in [9.17, 15) is 9.59 Å². The molecule has 0 unspecified atom stereocenters. The van der Waals surface area contributed by atoms with Gasteiger partial charge in [-0.05, 0) is 44.4 Å². The number of rotatable bonds is 6. The third kappa shape index (κ3) is 4.43. The first kappa shape index (κ1) is 21.3. The lowest BCUT2D eigenvalue weighted by atomic mass is 9.77. The summed E-state index contributed by atoms with van der Waals surface area (Å²) in [6, 6.07) is 8.29. The van der Waals surface area contributed by atoms with Gasteiger partial charge in [-0.2, -0.15) is 0 Å². The van der Waals surface area contributed by atoms with E-state index >= 15 is 0 Å². The van der Waals surface area contributed by atoms with Gasteiger partial charge in [0.15, 0.2) is 0 Å². The van der Waals surface area contributed by atoms with Crippen LogP contribution in [0.15, 0.2) is 28.7 Å². The summed E-state index contributed by atoms with van der Waals surface area (Å²) in [4.78, 5) is 32.0. The topological polar surface area (TPSA) is 43.9 Å². The van der Waals surface area contributed by atoms with E-state index in [-0.39, 0.29) is 17.2 Å². The van der Waals surface area contributed by atoms with Crippen LogP contribution in [0.2, 0.25) is 0 Å². The van der Waals surface area contributed by atoms with Crippen molar-refractivity contribution >= 4 is 27.7 Å². The van der Waals surface area contributed by atoms with Crippen LogP contribution in [0.1, 0.15) is 45.1 Å². The minimum absolute atomic E-state index is 0.187. The molecule has 0 aromatic heterocycles. The Morgan fingerprint density at radius 3 is 2.11 bits per heavy atom. The zero-order chi connectivity index (χ0) is 20.1. The third-order valence-electron chi connectivity index (χ3n) is 6.40. The average molecular weight is 450 g/mol. The Hall–Kier alpha value is -1.40. The summed E-state index contributed by atoms with van der Waals surface area (Å²) in [6.45, 7) is 8.96. The minimum atomic E-state index is -0.361. The maximum atomic E-state index is 13.6. The van der Waals surface area contributed by atoms with Gasteiger partial charge in [-0.15, -0.1) is 0 Å². The molecule has 0 atom stereocenters. The molecule has 6 heteroatoms. The van der Waals surface area contributed by atoms with Gasteiger partial charge in [0.2, 0.25) is 11.8 Å². The molecule has 1 saturated carbocycles. The highest BCUT2D eigenvalue weighted by Crippen LogP contribution is 2.43. The van der Waals surface area contributed by atoms with Crippen molar-refractivity contribution in [3.8, 4) is 0 Å². The molecular formula is C22H32BrN3O2. The van der Waals surface area contributed by atoms with E-state index in [4.69, 9.17) is 0 Å². The van der Waals surface area contributed by atoms with Crippen molar-refractivity contribution in [3.63, 3.8) is 0 Å². The minimum Gasteiger partial charge on any atom is -0.342 e. The van der Waals surface area contributed by atoms with Gasteiger partial charge in [-0.1, -0.05) is 40.9 Å². The Kier molecular flexibility index (Phi) is 7.15. The first-order valence-electron chi connectivity index (χ1n) is 10.6. The smallest absolute Gasteiger partial charge is 0.236 e. The average Bonchev–Trinajstić information content (AvgIpc) is 3.20. The van der Waals surface area contributed by atoms with Crippen LogP contribution in [-0.4, -0.2) is 72.3 Å². The predicted molar refractivity (Wildman–Crippen MR) is 115 cm³/mol. The molecule has 154 valence electrons. The molecule has 1 saturated heterocycles. The summed E-state index contributed by atoms with van der Waals surface area (Å²) in [7, 11) is 0. The third-order valence-corrected chi connectivity index (χ3v) is 6.93. The first-order chi connectivity index (χ1) is 13.5. The molecule has 0 bridgehead atoms. The van der Waals surface area contributed by atoms with Crippen LogP contribution in [0.3, 0.4) is 0 Å². The fourth-order valence-corrected chi connectivity index (χ4v) is 4.92. The number of carbonyl (C=O) groups is 2. The lowest BCUT2D eigenvalue weighted by Gasteiger charge is -2.40. The van der Waals surface area contributed by atoms with Gasteiger partial charge in [0.25, 0.3) is 0 Å². The second kappa shape index (κ2) is 9.40. The van der Waals surface area contributed by atoms with Crippen LogP contribution in [0.4, 0.5) is 0 Å². The Balaban J connectivity index is 1.63. The number of carbonyl (C=O) groups excluding carboxylic acids is 2. The molecule has 2 fully saturated rings. The van der Waals surface area contributed by atoms with Crippen LogP contribution < -0.4 is 0 Å². The normalized spacial score (nSPS) is 19.6. The van der Waals surface area contributed by atoms with Gasteiger partial charge >= 0.3 is 0 Å². The van der Waals surface area contributed by atoms with Crippen molar-refractivity contribution in [3.05, 3.63) is 34.3 Å². The predicted octanol–water partition coefficient (Wildman–Crippen LogP) is 3.27. The van der Waals surface area contributed by atoms with Crippen molar-refractivity contribution in [1.82, 2.24) is 14.7 Å². The Morgan fingerprint density at radius 2 is 1.57 bits per heavy atom. The molecule has 1 aromatic carbocycles. The summed E-state index contributed by atoms with van der Waals surface area (Å²) in [5.74, 6) is 0.467. The molecule has 1 aromatic rings. The van der Waals surface area contributed by atoms with Crippen molar-refractivity contribution in [1.29, 1.82) is 0 Å². The molecule has 0 spiro atoms. The van der Waals surface area contributed by atoms with Crippen molar-refractivity contribution in [2.75, 3.05) is 45.8 Å². The highest BCUT2D eigenvalue weighted by atomic mass is 79.9. The van der Waals surface area contributed by atoms with E-state index < -0.39 is 0 Å². The van der Waals surface area contributed by atoms with Gasteiger partial charge in [0, 0.05) is 43.7 Å². The summed E-state index contributed by atoms with van der Waals surface area (Å²) in [5.41, 5.74) is 0.789. The van der Waals surface area contributed by atoms with E-state index in [0.29, 0.717) is 19.6 Å². The fraction of sp³-hybridized carbons (Fsp3) is 0.636. The molecule has 5 nitrogen and oxygen atoms in total. The number of hydrogen-bond donors (Lipinski definition) is 0. The van der Waals surface area contributed by atoms with Crippen LogP contribution in [-0.2, 0) is 15.0 Å². The van der Waals surface area contributed by atoms with Crippen LogP contribution in [0.25, 0.3) is 0 Å². The maximum absolute atomic E-state index is 13.6. The zero-order valence-corrected chi connectivity index (χ0v) is 18.7. The maximum Gasteiger partial charge on any atom is 0.236 e. The second-order valence-electron chi connectivity index (χ2n) is 7.93. The van der Waals surface area contributed by atoms with E-state index in [1.807, 2.05) is 35.8 Å². The lowest BCUT2D eigenvalue weighted by molar-refractivity contribution is -0.139. The lowest BCUT2D eigenvalue weighted by Crippen LogP contribution is -2.55. The Bertz CT molecular complexity index is 674. The van der Waals surface area contributed by atoms with E-state index in [0.717, 1.165) is 61.9 Å². The fourth-order valence-electron chi connectivity index (χ4n) is 4.65. The molecule has 3 rings (SSSR count). The Morgan fingerprint density at radius 1 is 1.00 bits per heavy atom. The van der Waals surface area contributed by atoms with Gasteiger partial charge < -0.3 is 9.80 Å². The van der Waals surface area contributed by atoms with Crippen molar-refractivity contribution in [2.45, 2.75) is 44.9 Å². The van der Waals surface area contributed by atoms with Crippen molar-refractivity contribution < 1.29 is 9.59 Å². The van der Waals surface area contributed by atoms with E-state index in [1.165, 1.54) is 0 Å².